The van der Waals surface area contributed by atoms with E-state index in [1.165, 1.54) is 0 Å². The largest absolute Gasteiger partial charge is 0.383 e. The molecule has 1 aromatic rings. The molecular formula is C15H20ClNO2S. The quantitative estimate of drug-likeness (QED) is 0.756. The van der Waals surface area contributed by atoms with E-state index in [0.29, 0.717) is 13.2 Å². The van der Waals surface area contributed by atoms with Crippen LogP contribution in [0.25, 0.3) is 0 Å². The second-order valence-electron chi connectivity index (χ2n) is 4.82. The third kappa shape index (κ3) is 3.90. The first kappa shape index (κ1) is 15.7. The van der Waals surface area contributed by atoms with Crippen LogP contribution in [-0.4, -0.2) is 48.6 Å². The molecule has 2 rings (SSSR count). The normalized spacial score (nSPS) is 19.8. The van der Waals surface area contributed by atoms with Gasteiger partial charge in [-0.05, 0) is 17.7 Å². The first-order valence-electron chi connectivity index (χ1n) is 6.80. The van der Waals surface area contributed by atoms with Gasteiger partial charge >= 0.3 is 0 Å². The van der Waals surface area contributed by atoms with Crippen molar-refractivity contribution >= 4 is 29.3 Å². The fourth-order valence-corrected chi connectivity index (χ4v) is 3.84. The molecule has 0 aromatic heterocycles. The van der Waals surface area contributed by atoms with Gasteiger partial charge in [-0.25, -0.2) is 0 Å². The molecule has 1 fully saturated rings. The van der Waals surface area contributed by atoms with Gasteiger partial charge in [-0.3, -0.25) is 4.79 Å². The van der Waals surface area contributed by atoms with Gasteiger partial charge in [0.2, 0.25) is 5.91 Å². The molecule has 2 atom stereocenters. The fraction of sp³-hybridized carbons (Fsp3) is 0.533. The fourth-order valence-electron chi connectivity index (χ4n) is 2.34. The minimum atomic E-state index is -0.612. The van der Waals surface area contributed by atoms with E-state index < -0.39 is 5.38 Å². The van der Waals surface area contributed by atoms with Crippen LogP contribution in [0, 0.1) is 0 Å². The third-order valence-electron chi connectivity index (χ3n) is 3.47. The summed E-state index contributed by atoms with van der Waals surface area (Å²) in [6, 6.07) is 9.81. The minimum absolute atomic E-state index is 0.0117. The van der Waals surface area contributed by atoms with Crippen LogP contribution < -0.4 is 0 Å². The number of hydrogen-bond donors (Lipinski definition) is 0. The van der Waals surface area contributed by atoms with Gasteiger partial charge in [0.15, 0.2) is 0 Å². The lowest BCUT2D eigenvalue weighted by molar-refractivity contribution is -0.133. The van der Waals surface area contributed by atoms with Gasteiger partial charge in [0.05, 0.1) is 6.61 Å². The first-order chi connectivity index (χ1) is 9.74. The van der Waals surface area contributed by atoms with E-state index in [0.717, 1.165) is 23.5 Å². The Morgan fingerprint density at radius 3 is 2.85 bits per heavy atom. The SMILES string of the molecule is COCCN(C(=O)C(Cl)c1ccccc1)C1CCSC1. The zero-order chi connectivity index (χ0) is 14.4. The summed E-state index contributed by atoms with van der Waals surface area (Å²) < 4.78 is 5.12. The van der Waals surface area contributed by atoms with Crippen molar-refractivity contribution in [2.24, 2.45) is 0 Å². The van der Waals surface area contributed by atoms with Crippen molar-refractivity contribution in [1.82, 2.24) is 4.90 Å². The number of halogens is 1. The number of thioether (sulfide) groups is 1. The first-order valence-corrected chi connectivity index (χ1v) is 8.39. The summed E-state index contributed by atoms with van der Waals surface area (Å²) >= 11 is 8.26. The monoisotopic (exact) mass is 313 g/mol. The molecule has 110 valence electrons. The van der Waals surface area contributed by atoms with Gasteiger partial charge in [0.25, 0.3) is 0 Å². The van der Waals surface area contributed by atoms with E-state index in [9.17, 15) is 4.79 Å². The topological polar surface area (TPSA) is 29.5 Å². The summed E-state index contributed by atoms with van der Waals surface area (Å²) in [6.07, 6.45) is 1.04. The maximum Gasteiger partial charge on any atom is 0.245 e. The van der Waals surface area contributed by atoms with Crippen molar-refractivity contribution in [2.75, 3.05) is 31.8 Å². The summed E-state index contributed by atoms with van der Waals surface area (Å²) in [4.78, 5) is 14.6. The Bertz CT molecular complexity index is 423. The van der Waals surface area contributed by atoms with Gasteiger partial charge in [-0.15, -0.1) is 11.6 Å². The van der Waals surface area contributed by atoms with Crippen molar-refractivity contribution in [3.05, 3.63) is 35.9 Å². The molecule has 1 saturated heterocycles. The van der Waals surface area contributed by atoms with Gasteiger partial charge in [0, 0.05) is 25.4 Å². The minimum Gasteiger partial charge on any atom is -0.383 e. The maximum atomic E-state index is 12.7. The van der Waals surface area contributed by atoms with Crippen LogP contribution in [0.1, 0.15) is 17.4 Å². The second kappa shape index (κ2) is 7.91. The van der Waals surface area contributed by atoms with Crippen LogP contribution in [0.3, 0.4) is 0 Å². The van der Waals surface area contributed by atoms with E-state index in [4.69, 9.17) is 16.3 Å². The highest BCUT2D eigenvalue weighted by atomic mass is 35.5. The van der Waals surface area contributed by atoms with E-state index >= 15 is 0 Å². The molecule has 3 nitrogen and oxygen atoms in total. The van der Waals surface area contributed by atoms with Crippen molar-refractivity contribution < 1.29 is 9.53 Å². The van der Waals surface area contributed by atoms with Crippen LogP contribution in [0.4, 0.5) is 0 Å². The Kier molecular flexibility index (Phi) is 6.20. The number of hydrogen-bond acceptors (Lipinski definition) is 3. The second-order valence-corrected chi connectivity index (χ2v) is 6.40. The summed E-state index contributed by atoms with van der Waals surface area (Å²) in [7, 11) is 1.65. The van der Waals surface area contributed by atoms with E-state index in [1.54, 1.807) is 7.11 Å². The number of amides is 1. The Morgan fingerprint density at radius 1 is 1.50 bits per heavy atom. The summed E-state index contributed by atoms with van der Waals surface area (Å²) in [6.45, 7) is 1.15. The molecule has 0 spiro atoms. The van der Waals surface area contributed by atoms with Gasteiger partial charge in [-0.2, -0.15) is 11.8 Å². The number of ether oxygens (including phenoxy) is 1. The van der Waals surface area contributed by atoms with Crippen molar-refractivity contribution in [1.29, 1.82) is 0 Å². The van der Waals surface area contributed by atoms with E-state index in [1.807, 2.05) is 47.0 Å². The van der Waals surface area contributed by atoms with Gasteiger partial charge < -0.3 is 9.64 Å². The highest BCUT2D eigenvalue weighted by molar-refractivity contribution is 7.99. The number of nitrogens with zero attached hydrogens (tertiary/aromatic N) is 1. The molecule has 20 heavy (non-hydrogen) atoms. The average molecular weight is 314 g/mol. The van der Waals surface area contributed by atoms with Crippen LogP contribution in [0.2, 0.25) is 0 Å². The summed E-state index contributed by atoms with van der Waals surface area (Å²) in [5.74, 6) is 2.09. The standard InChI is InChI=1S/C15H20ClNO2S/c1-19-9-8-17(13-7-10-20-11-13)15(18)14(16)12-5-3-2-4-6-12/h2-6,13-14H,7-11H2,1H3. The highest BCUT2D eigenvalue weighted by Crippen LogP contribution is 2.28. The molecule has 1 amide bonds. The lowest BCUT2D eigenvalue weighted by atomic mass is 10.1. The lowest BCUT2D eigenvalue weighted by Gasteiger charge is -2.30. The summed E-state index contributed by atoms with van der Waals surface area (Å²) in [5, 5.41) is -0.612. The highest BCUT2D eigenvalue weighted by Gasteiger charge is 2.31. The smallest absolute Gasteiger partial charge is 0.245 e. The Hall–Kier alpha value is -0.710. The van der Waals surface area contributed by atoms with Crippen LogP contribution >= 0.6 is 23.4 Å². The number of alkyl halides is 1. The van der Waals surface area contributed by atoms with Crippen molar-refractivity contribution in [2.45, 2.75) is 17.8 Å². The van der Waals surface area contributed by atoms with Crippen molar-refractivity contribution in [3.63, 3.8) is 0 Å². The lowest BCUT2D eigenvalue weighted by Crippen LogP contribution is -2.44. The predicted octanol–water partition coefficient (Wildman–Crippen LogP) is 2.95. The number of benzene rings is 1. The number of carbonyl (C=O) groups is 1. The number of methoxy groups -OCH3 is 1. The Balaban J connectivity index is 2.08. The predicted molar refractivity (Wildman–Crippen MR) is 84.4 cm³/mol. The number of rotatable bonds is 6. The number of carbonyl (C=O) groups excluding carboxylic acids is 1. The zero-order valence-electron chi connectivity index (χ0n) is 11.6. The molecular weight excluding hydrogens is 294 g/mol. The molecule has 0 radical (unpaired) electrons. The molecule has 0 aliphatic carbocycles. The van der Waals surface area contributed by atoms with Gasteiger partial charge in [0.1, 0.15) is 5.38 Å². The molecule has 1 aromatic carbocycles. The summed E-state index contributed by atoms with van der Waals surface area (Å²) in [5.41, 5.74) is 0.854. The molecule has 0 bridgehead atoms. The molecule has 2 unspecified atom stereocenters. The van der Waals surface area contributed by atoms with Crippen LogP contribution in [0.15, 0.2) is 30.3 Å². The van der Waals surface area contributed by atoms with Gasteiger partial charge in [-0.1, -0.05) is 30.3 Å². The maximum absolute atomic E-state index is 12.7. The Morgan fingerprint density at radius 2 is 2.25 bits per heavy atom. The third-order valence-corrected chi connectivity index (χ3v) is 5.06. The molecule has 0 saturated carbocycles. The molecule has 1 aliphatic rings. The zero-order valence-corrected chi connectivity index (χ0v) is 13.2. The van der Waals surface area contributed by atoms with Crippen LogP contribution in [-0.2, 0) is 9.53 Å². The molecule has 1 aliphatic heterocycles. The molecule has 1 heterocycles. The van der Waals surface area contributed by atoms with E-state index in [2.05, 4.69) is 0 Å². The van der Waals surface area contributed by atoms with Crippen molar-refractivity contribution in [3.8, 4) is 0 Å². The molecule has 5 heteroatoms. The van der Waals surface area contributed by atoms with E-state index in [-0.39, 0.29) is 11.9 Å². The average Bonchev–Trinajstić information content (AvgIpc) is 3.01. The molecule has 0 N–H and O–H groups in total. The van der Waals surface area contributed by atoms with Crippen LogP contribution in [0.5, 0.6) is 0 Å². The Labute approximate surface area is 129 Å².